The van der Waals surface area contributed by atoms with E-state index in [9.17, 15) is 17.6 Å². The normalized spacial score (nSPS) is 26.7. The van der Waals surface area contributed by atoms with E-state index in [0.29, 0.717) is 23.7 Å². The van der Waals surface area contributed by atoms with Gasteiger partial charge >= 0.3 is 0 Å². The van der Waals surface area contributed by atoms with Crippen LogP contribution in [0.4, 0.5) is 17.6 Å². The molecule has 0 N–H and O–H groups in total. The van der Waals surface area contributed by atoms with Crippen LogP contribution in [0.3, 0.4) is 0 Å². The number of hydrogen-bond donors (Lipinski definition) is 0. The molecule has 8 heteroatoms. The third kappa shape index (κ3) is 11.1. The average molecular weight is 1130 g/mol. The lowest BCUT2D eigenvalue weighted by atomic mass is 9.87. The minimum atomic E-state index is -0.165. The molecular weight excluding hydrogens is 1050 g/mol. The van der Waals surface area contributed by atoms with Gasteiger partial charge in [0.1, 0.15) is 23.3 Å². The topological polar surface area (TPSA) is 36.9 Å². The van der Waals surface area contributed by atoms with Crippen LogP contribution in [0.1, 0.15) is 216 Å². The molecular formula is C76H76F4O4. The van der Waals surface area contributed by atoms with Crippen molar-refractivity contribution < 1.29 is 36.5 Å². The number of halogens is 4. The maximum atomic E-state index is 13.7. The SMILES string of the molecule is CC[C@@H]1C[C@@H]2c3ccccc3Cc3ccc(F)cc3[C@H]2O1.CC[C@@H]1C[C@H]2c3ccccc3Cc3ccc(F)cc3[C@@H]2O1.CC[C@H]1C[C@@H]2c3ccccc3Cc3ccc(F)cc3[C@H]2O1.CC[C@H]1C[C@H]2c3ccccc3Cc3ccc(F)cc3[C@@H]2O1. The summed E-state index contributed by atoms with van der Waals surface area (Å²) in [5.74, 6) is 0.764. The van der Waals surface area contributed by atoms with Crippen LogP contribution in [-0.2, 0) is 44.6 Å². The summed E-state index contributed by atoms with van der Waals surface area (Å²) in [6, 6.07) is 55.1. The van der Waals surface area contributed by atoms with E-state index in [2.05, 4.69) is 125 Å². The highest BCUT2D eigenvalue weighted by Gasteiger charge is 2.44. The van der Waals surface area contributed by atoms with Crippen LogP contribution >= 0.6 is 0 Å². The van der Waals surface area contributed by atoms with Crippen molar-refractivity contribution >= 4 is 0 Å². The van der Waals surface area contributed by atoms with Crippen LogP contribution < -0.4 is 0 Å². The van der Waals surface area contributed by atoms with Gasteiger partial charge in [-0.25, -0.2) is 17.6 Å². The zero-order chi connectivity index (χ0) is 57.6. The summed E-state index contributed by atoms with van der Waals surface area (Å²) in [5.41, 5.74) is 20.0. The van der Waals surface area contributed by atoms with E-state index in [1.165, 1.54) is 66.8 Å². The first-order valence-electron chi connectivity index (χ1n) is 31.1. The number of hydrogen-bond acceptors (Lipinski definition) is 4. The van der Waals surface area contributed by atoms with Gasteiger partial charge in [-0.15, -0.1) is 0 Å². The van der Waals surface area contributed by atoms with Crippen molar-refractivity contribution in [3.63, 3.8) is 0 Å². The molecule has 0 amide bonds. The molecule has 8 aliphatic rings. The number of benzene rings is 8. The van der Waals surface area contributed by atoms with Gasteiger partial charge in [0.15, 0.2) is 0 Å². The number of rotatable bonds is 4. The molecule has 0 spiro atoms. The molecule has 4 saturated heterocycles. The van der Waals surface area contributed by atoms with Gasteiger partial charge in [-0.3, -0.25) is 0 Å². The van der Waals surface area contributed by atoms with Crippen molar-refractivity contribution in [2.75, 3.05) is 0 Å². The second-order valence-electron chi connectivity index (χ2n) is 24.6. The average Bonchev–Trinajstić information content (AvgIpc) is 3.90. The van der Waals surface area contributed by atoms with E-state index >= 15 is 0 Å². The molecule has 0 radical (unpaired) electrons. The fourth-order valence-corrected chi connectivity index (χ4v) is 15.4. The van der Waals surface area contributed by atoms with Gasteiger partial charge in [0.25, 0.3) is 0 Å². The van der Waals surface area contributed by atoms with E-state index < -0.39 is 0 Å². The van der Waals surface area contributed by atoms with Gasteiger partial charge in [0, 0.05) is 23.7 Å². The molecule has 4 heterocycles. The monoisotopic (exact) mass is 1130 g/mol. The molecule has 0 saturated carbocycles. The minimum absolute atomic E-state index is 0.00398. The zero-order valence-electron chi connectivity index (χ0n) is 48.7. The Hall–Kier alpha value is -6.68. The van der Waals surface area contributed by atoms with E-state index in [1.54, 1.807) is 48.5 Å². The smallest absolute Gasteiger partial charge is 0.123 e. The highest BCUT2D eigenvalue weighted by atomic mass is 19.1. The van der Waals surface area contributed by atoms with Crippen molar-refractivity contribution in [2.45, 2.75) is 177 Å². The van der Waals surface area contributed by atoms with Gasteiger partial charge < -0.3 is 18.9 Å². The van der Waals surface area contributed by atoms with Gasteiger partial charge in [-0.1, -0.05) is 149 Å². The first kappa shape index (κ1) is 56.5. The van der Waals surface area contributed by atoms with Gasteiger partial charge in [0.2, 0.25) is 0 Å². The number of fused-ring (bicyclic) bond motifs is 20. The molecule has 0 aromatic heterocycles. The molecule has 0 unspecified atom stereocenters. The Kier molecular flexibility index (Phi) is 16.4. The summed E-state index contributed by atoms with van der Waals surface area (Å²) in [6.45, 7) is 8.64. The lowest BCUT2D eigenvalue weighted by molar-refractivity contribution is 0.0385. The first-order chi connectivity index (χ1) is 41.0. The molecule has 4 aliphatic carbocycles. The molecule has 4 nitrogen and oxygen atoms in total. The van der Waals surface area contributed by atoms with Crippen molar-refractivity contribution in [1.82, 2.24) is 0 Å². The highest BCUT2D eigenvalue weighted by Crippen LogP contribution is 2.54. The van der Waals surface area contributed by atoms with Crippen LogP contribution in [0.5, 0.6) is 0 Å². The number of ether oxygens (including phenoxy) is 4. The van der Waals surface area contributed by atoms with Gasteiger partial charge in [-0.05, 0) is 215 Å². The third-order valence-electron chi connectivity index (χ3n) is 19.7. The van der Waals surface area contributed by atoms with Gasteiger partial charge in [0.05, 0.1) is 48.8 Å². The van der Waals surface area contributed by atoms with Crippen molar-refractivity contribution in [3.05, 3.63) is 282 Å². The molecule has 84 heavy (non-hydrogen) atoms. The Labute approximate surface area is 493 Å². The van der Waals surface area contributed by atoms with Crippen molar-refractivity contribution in [1.29, 1.82) is 0 Å². The summed E-state index contributed by atoms with van der Waals surface area (Å²) >= 11 is 0. The largest absolute Gasteiger partial charge is 0.370 e. The maximum Gasteiger partial charge on any atom is 0.123 e. The summed E-state index contributed by atoms with van der Waals surface area (Å²) < 4.78 is 80.0. The van der Waals surface area contributed by atoms with Crippen LogP contribution in [0, 0.1) is 23.3 Å². The Bertz CT molecular complexity index is 3190. The molecule has 0 bridgehead atoms. The molecule has 16 rings (SSSR count). The molecule has 8 aromatic rings. The van der Waals surface area contributed by atoms with Gasteiger partial charge in [-0.2, -0.15) is 0 Å². The lowest BCUT2D eigenvalue weighted by Crippen LogP contribution is -2.07. The summed E-state index contributed by atoms with van der Waals surface area (Å²) in [6.07, 6.45) is 12.8. The van der Waals surface area contributed by atoms with Crippen molar-refractivity contribution in [2.24, 2.45) is 0 Å². The van der Waals surface area contributed by atoms with E-state index in [4.69, 9.17) is 18.9 Å². The van der Waals surface area contributed by atoms with Crippen LogP contribution in [0.25, 0.3) is 0 Å². The molecule has 12 atom stereocenters. The lowest BCUT2D eigenvalue weighted by Gasteiger charge is -2.19. The zero-order valence-corrected chi connectivity index (χ0v) is 48.7. The Balaban J connectivity index is 0.000000104. The van der Waals surface area contributed by atoms with Crippen molar-refractivity contribution in [3.8, 4) is 0 Å². The first-order valence-corrected chi connectivity index (χ1v) is 31.1. The Morgan fingerprint density at radius 2 is 0.476 bits per heavy atom. The minimum Gasteiger partial charge on any atom is -0.370 e. The fraction of sp³-hybridized carbons (Fsp3) is 0.368. The Morgan fingerprint density at radius 3 is 0.690 bits per heavy atom. The predicted octanol–water partition coefficient (Wildman–Crippen LogP) is 19.0. The molecule has 4 fully saturated rings. The quantitative estimate of drug-likeness (QED) is 0.165. The van der Waals surface area contributed by atoms with E-state index in [1.807, 2.05) is 24.3 Å². The van der Waals surface area contributed by atoms with E-state index in [-0.39, 0.29) is 72.1 Å². The highest BCUT2D eigenvalue weighted by molar-refractivity contribution is 5.49. The molecule has 432 valence electrons. The molecule has 4 aliphatic heterocycles. The summed E-state index contributed by atoms with van der Waals surface area (Å²) in [4.78, 5) is 0. The molecule has 8 aromatic carbocycles. The van der Waals surface area contributed by atoms with Crippen LogP contribution in [-0.4, -0.2) is 24.4 Å². The summed E-state index contributed by atoms with van der Waals surface area (Å²) in [7, 11) is 0. The Morgan fingerprint density at radius 1 is 0.274 bits per heavy atom. The predicted molar refractivity (Wildman–Crippen MR) is 324 cm³/mol. The maximum absolute atomic E-state index is 13.7. The fourth-order valence-electron chi connectivity index (χ4n) is 15.4. The second-order valence-corrected chi connectivity index (χ2v) is 24.6. The third-order valence-corrected chi connectivity index (χ3v) is 19.7. The van der Waals surface area contributed by atoms with Crippen LogP contribution in [0.2, 0.25) is 0 Å². The summed E-state index contributed by atoms with van der Waals surface area (Å²) in [5, 5.41) is 0. The van der Waals surface area contributed by atoms with Crippen LogP contribution in [0.15, 0.2) is 170 Å². The van der Waals surface area contributed by atoms with E-state index in [0.717, 1.165) is 99.3 Å². The standard InChI is InChI=1S/4C19H19FO/c4*1-2-15-11-18-16-6-4-3-5-12(16)9-13-7-8-14(20)10-17(13)19(18)21-15/h4*3-8,10,15,18-19H,2,9,11H2,1H3/t2*15-,18+,19+;2*15-,18-,19-/m1010/s1. The second kappa shape index (κ2) is 24.4.